The van der Waals surface area contributed by atoms with Crippen molar-refractivity contribution in [2.45, 2.75) is 27.7 Å². The highest BCUT2D eigenvalue weighted by molar-refractivity contribution is 5.92. The van der Waals surface area contributed by atoms with Gasteiger partial charge in [-0.15, -0.1) is 0 Å². The molecule has 4 rings (SSSR count). The van der Waals surface area contributed by atoms with Crippen LogP contribution in [0.25, 0.3) is 16.0 Å². The van der Waals surface area contributed by atoms with Crippen molar-refractivity contribution in [2.24, 2.45) is 0 Å². The third-order valence-corrected chi connectivity index (χ3v) is 6.13. The fourth-order valence-corrected chi connectivity index (χ4v) is 4.21. The number of rotatable bonds is 5. The van der Waals surface area contributed by atoms with Crippen LogP contribution in [0.1, 0.15) is 48.5 Å². The molecule has 38 heavy (non-hydrogen) atoms. The molecular weight excluding hydrogens is 476 g/mol. The van der Waals surface area contributed by atoms with Crippen LogP contribution >= 0.6 is 0 Å². The molecule has 4 aromatic rings. The second-order valence-corrected chi connectivity index (χ2v) is 9.01. The maximum absolute atomic E-state index is 12.7. The highest BCUT2D eigenvalue weighted by Crippen LogP contribution is 2.35. The fourth-order valence-electron chi connectivity index (χ4n) is 4.21. The van der Waals surface area contributed by atoms with Crippen molar-refractivity contribution >= 4 is 17.6 Å². The molecule has 0 aliphatic heterocycles. The number of carbonyl (C=O) groups excluding carboxylic acids is 2. The van der Waals surface area contributed by atoms with Gasteiger partial charge in [-0.25, -0.2) is 14.4 Å². The van der Waals surface area contributed by atoms with E-state index in [-0.39, 0.29) is 0 Å². The Hall–Kier alpha value is -5.20. The van der Waals surface area contributed by atoms with E-state index in [1.165, 1.54) is 0 Å². The second kappa shape index (κ2) is 10.8. The van der Waals surface area contributed by atoms with Crippen LogP contribution in [0.2, 0.25) is 0 Å². The summed E-state index contributed by atoms with van der Waals surface area (Å²) >= 11 is 0. The van der Waals surface area contributed by atoms with E-state index < -0.39 is 11.9 Å². The van der Waals surface area contributed by atoms with Gasteiger partial charge in [0.15, 0.2) is 5.69 Å². The summed E-state index contributed by atoms with van der Waals surface area (Å²) in [5.74, 6) is 0.0105. The minimum absolute atomic E-state index is 0.366. The first-order chi connectivity index (χ1) is 18.2. The maximum atomic E-state index is 12.7. The van der Waals surface area contributed by atoms with E-state index in [1.807, 2.05) is 58.0 Å². The first-order valence-electron chi connectivity index (χ1n) is 11.8. The lowest BCUT2D eigenvalue weighted by Gasteiger charge is -2.16. The van der Waals surface area contributed by atoms with E-state index in [0.29, 0.717) is 33.9 Å². The average Bonchev–Trinajstić information content (AvgIpc) is 2.92. The van der Waals surface area contributed by atoms with Crippen molar-refractivity contribution < 1.29 is 19.1 Å². The van der Waals surface area contributed by atoms with E-state index in [4.69, 9.17) is 21.3 Å². The molecule has 0 saturated carbocycles. The number of benzene rings is 4. The summed E-state index contributed by atoms with van der Waals surface area (Å²) in [6.07, 6.45) is 0. The van der Waals surface area contributed by atoms with Gasteiger partial charge in [-0.3, -0.25) is 0 Å². The van der Waals surface area contributed by atoms with E-state index in [9.17, 15) is 9.59 Å². The molecule has 0 atom stereocenters. The minimum Gasteiger partial charge on any atom is -0.422 e. The number of nitriles is 1. The topological polar surface area (TPSA) is 80.8 Å². The molecule has 0 radical (unpaired) electrons. The normalized spacial score (nSPS) is 10.3. The predicted molar refractivity (Wildman–Crippen MR) is 145 cm³/mol. The van der Waals surface area contributed by atoms with E-state index in [2.05, 4.69) is 4.85 Å². The van der Waals surface area contributed by atoms with Crippen LogP contribution < -0.4 is 9.47 Å². The molecule has 0 unspecified atom stereocenters. The zero-order valence-corrected chi connectivity index (χ0v) is 21.5. The Morgan fingerprint density at radius 3 is 1.39 bits per heavy atom. The van der Waals surface area contributed by atoms with Gasteiger partial charge in [-0.1, -0.05) is 24.3 Å². The average molecular weight is 501 g/mol. The molecule has 0 spiro atoms. The Kier molecular flexibility index (Phi) is 7.37. The van der Waals surface area contributed by atoms with Crippen LogP contribution in [-0.4, -0.2) is 11.9 Å². The van der Waals surface area contributed by atoms with Gasteiger partial charge >= 0.3 is 11.9 Å². The van der Waals surface area contributed by atoms with Crippen molar-refractivity contribution in [2.75, 3.05) is 0 Å². The summed E-state index contributed by atoms with van der Waals surface area (Å²) in [7, 11) is 0. The summed E-state index contributed by atoms with van der Waals surface area (Å²) in [6, 6.07) is 22.5. The summed E-state index contributed by atoms with van der Waals surface area (Å²) in [6.45, 7) is 14.6. The lowest BCUT2D eigenvalue weighted by atomic mass is 9.96. The van der Waals surface area contributed by atoms with Gasteiger partial charge in [-0.05, 0) is 110 Å². The van der Waals surface area contributed by atoms with Crippen LogP contribution in [0.4, 0.5) is 5.69 Å². The summed E-state index contributed by atoms with van der Waals surface area (Å²) in [5.41, 5.74) is 6.76. The predicted octanol–water partition coefficient (Wildman–Crippen LogP) is 7.45. The molecule has 6 heteroatoms. The first kappa shape index (κ1) is 25.9. The second-order valence-electron chi connectivity index (χ2n) is 9.01. The van der Waals surface area contributed by atoms with Gasteiger partial charge in [0.1, 0.15) is 11.5 Å². The van der Waals surface area contributed by atoms with Crippen molar-refractivity contribution in [1.82, 2.24) is 0 Å². The zero-order chi connectivity index (χ0) is 27.4. The molecule has 4 aromatic carbocycles. The largest absolute Gasteiger partial charge is 0.422 e. The van der Waals surface area contributed by atoms with Gasteiger partial charge < -0.3 is 9.47 Å². The standard InChI is InChI=1S/C32H24N2O4/c1-19-14-26(15-20(2)29(19)37-31(35)24-8-6-23(18-33)7-9-24)27-16-21(3)30(22(4)17-27)38-32(36)25-10-12-28(34-5)13-11-25/h6-17H,1-4H3. The monoisotopic (exact) mass is 500 g/mol. The molecular formula is C32H24N2O4. The van der Waals surface area contributed by atoms with Gasteiger partial charge in [0.05, 0.1) is 29.3 Å². The van der Waals surface area contributed by atoms with Crippen molar-refractivity contribution in [3.05, 3.63) is 123 Å². The highest BCUT2D eigenvalue weighted by atomic mass is 16.5. The smallest absolute Gasteiger partial charge is 0.343 e. The number of ether oxygens (including phenoxy) is 2. The lowest BCUT2D eigenvalue weighted by molar-refractivity contribution is 0.0723. The zero-order valence-electron chi connectivity index (χ0n) is 21.5. The Labute approximate surface area is 221 Å². The van der Waals surface area contributed by atoms with E-state index in [0.717, 1.165) is 33.4 Å². The van der Waals surface area contributed by atoms with Gasteiger partial charge in [0.2, 0.25) is 0 Å². The molecule has 0 amide bonds. The third kappa shape index (κ3) is 5.46. The van der Waals surface area contributed by atoms with Crippen LogP contribution in [0.15, 0.2) is 72.8 Å². The molecule has 0 saturated heterocycles. The Bertz CT molecular complexity index is 1470. The molecule has 0 aromatic heterocycles. The summed E-state index contributed by atoms with van der Waals surface area (Å²) in [4.78, 5) is 28.7. The number of nitrogens with zero attached hydrogens (tertiary/aromatic N) is 2. The molecule has 0 fully saturated rings. The van der Waals surface area contributed by atoms with Crippen LogP contribution in [0, 0.1) is 45.6 Å². The van der Waals surface area contributed by atoms with Crippen molar-refractivity contribution in [1.29, 1.82) is 5.26 Å². The van der Waals surface area contributed by atoms with Crippen LogP contribution in [-0.2, 0) is 0 Å². The Morgan fingerprint density at radius 1 is 0.684 bits per heavy atom. The fraction of sp³-hybridized carbons (Fsp3) is 0.125. The van der Waals surface area contributed by atoms with E-state index >= 15 is 0 Å². The SMILES string of the molecule is [C-]#[N+]c1ccc(C(=O)Oc2c(C)cc(-c3cc(C)c(OC(=O)c4ccc(C#N)cc4)c(C)c3)cc2C)cc1. The first-order valence-corrected chi connectivity index (χ1v) is 11.8. The molecule has 0 aliphatic rings. The highest BCUT2D eigenvalue weighted by Gasteiger charge is 2.17. The minimum atomic E-state index is -0.491. The third-order valence-electron chi connectivity index (χ3n) is 6.13. The van der Waals surface area contributed by atoms with E-state index in [1.54, 1.807) is 48.5 Å². The van der Waals surface area contributed by atoms with Gasteiger partial charge in [-0.2, -0.15) is 5.26 Å². The molecule has 0 heterocycles. The Morgan fingerprint density at radius 2 is 1.05 bits per heavy atom. The molecule has 0 bridgehead atoms. The van der Waals surface area contributed by atoms with Crippen molar-refractivity contribution in [3.63, 3.8) is 0 Å². The summed E-state index contributed by atoms with van der Waals surface area (Å²) < 4.78 is 11.4. The number of aryl methyl sites for hydroxylation is 4. The summed E-state index contributed by atoms with van der Waals surface area (Å²) in [5, 5.41) is 8.95. The van der Waals surface area contributed by atoms with Gasteiger partial charge in [0.25, 0.3) is 0 Å². The molecule has 6 nitrogen and oxygen atoms in total. The van der Waals surface area contributed by atoms with Gasteiger partial charge in [0, 0.05) is 0 Å². The number of hydrogen-bond donors (Lipinski definition) is 0. The van der Waals surface area contributed by atoms with Crippen molar-refractivity contribution in [3.8, 4) is 28.7 Å². The molecule has 186 valence electrons. The lowest BCUT2D eigenvalue weighted by Crippen LogP contribution is -2.10. The van der Waals surface area contributed by atoms with Crippen LogP contribution in [0.3, 0.4) is 0 Å². The maximum Gasteiger partial charge on any atom is 0.343 e. The van der Waals surface area contributed by atoms with Crippen LogP contribution in [0.5, 0.6) is 11.5 Å². The number of esters is 2. The molecule has 0 N–H and O–H groups in total. The number of carbonyl (C=O) groups is 2. The Balaban J connectivity index is 1.56. The molecule has 0 aliphatic carbocycles. The number of hydrogen-bond acceptors (Lipinski definition) is 5. The quantitative estimate of drug-likeness (QED) is 0.161.